The third-order valence-electron chi connectivity index (χ3n) is 6.04. The molecule has 0 spiro atoms. The van der Waals surface area contributed by atoms with Crippen molar-refractivity contribution < 1.29 is 19.1 Å². The lowest BCUT2D eigenvalue weighted by Crippen LogP contribution is -2.30. The number of nitrogens with zero attached hydrogens (tertiary/aromatic N) is 1. The standard InChI is InChI=1S/C30H25BrN2O4/c1-2-36-27-17-21(16-26-29(34)33(30(35)32-26)18-20-9-4-3-5-10-20)15-25(31)28(27)37-19-23-13-8-12-22-11-6-7-14-24(22)23/h3-17H,2,18-19H2,1H3,(H,32,35)/b26-16+. The SMILES string of the molecule is CCOc1cc(/C=C2/NC(=O)N(Cc3ccccc3)C2=O)cc(Br)c1OCc1cccc2ccccc12. The number of urea groups is 1. The van der Waals surface area contributed by atoms with E-state index in [9.17, 15) is 9.59 Å². The van der Waals surface area contributed by atoms with Gasteiger partial charge >= 0.3 is 6.03 Å². The maximum absolute atomic E-state index is 13.0. The second kappa shape index (κ2) is 10.9. The second-order valence-corrected chi connectivity index (χ2v) is 9.41. The lowest BCUT2D eigenvalue weighted by atomic mass is 10.1. The largest absolute Gasteiger partial charge is 0.490 e. The number of fused-ring (bicyclic) bond motifs is 1. The molecule has 1 saturated heterocycles. The molecular formula is C30H25BrN2O4. The van der Waals surface area contributed by atoms with E-state index >= 15 is 0 Å². The zero-order chi connectivity index (χ0) is 25.8. The summed E-state index contributed by atoms with van der Waals surface area (Å²) in [5, 5.41) is 4.97. The third-order valence-corrected chi connectivity index (χ3v) is 6.63. The van der Waals surface area contributed by atoms with Crippen LogP contribution in [-0.2, 0) is 17.9 Å². The maximum atomic E-state index is 13.0. The number of halogens is 1. The van der Waals surface area contributed by atoms with Crippen molar-refractivity contribution >= 4 is 44.7 Å². The van der Waals surface area contributed by atoms with Gasteiger partial charge in [0.2, 0.25) is 0 Å². The molecule has 1 aliphatic heterocycles. The molecule has 1 fully saturated rings. The third kappa shape index (κ3) is 5.37. The van der Waals surface area contributed by atoms with E-state index in [4.69, 9.17) is 9.47 Å². The number of rotatable bonds is 8. The van der Waals surface area contributed by atoms with Gasteiger partial charge in [-0.15, -0.1) is 0 Å². The van der Waals surface area contributed by atoms with Gasteiger partial charge in [0, 0.05) is 0 Å². The zero-order valence-corrected chi connectivity index (χ0v) is 21.8. The summed E-state index contributed by atoms with van der Waals surface area (Å²) in [5.41, 5.74) is 2.84. The zero-order valence-electron chi connectivity index (χ0n) is 20.2. The van der Waals surface area contributed by atoms with Crippen LogP contribution >= 0.6 is 15.9 Å². The predicted molar refractivity (Wildman–Crippen MR) is 147 cm³/mol. The quantitative estimate of drug-likeness (QED) is 0.194. The molecule has 186 valence electrons. The Morgan fingerprint density at radius 2 is 1.68 bits per heavy atom. The van der Waals surface area contributed by atoms with E-state index in [2.05, 4.69) is 39.4 Å². The van der Waals surface area contributed by atoms with Crippen LogP contribution in [0.2, 0.25) is 0 Å². The van der Waals surface area contributed by atoms with Crippen molar-refractivity contribution in [3.63, 3.8) is 0 Å². The molecular weight excluding hydrogens is 532 g/mol. The molecule has 0 radical (unpaired) electrons. The van der Waals surface area contributed by atoms with Crippen molar-refractivity contribution in [1.29, 1.82) is 0 Å². The molecule has 6 nitrogen and oxygen atoms in total. The first-order valence-electron chi connectivity index (χ1n) is 12.0. The number of nitrogens with one attached hydrogen (secondary N) is 1. The van der Waals surface area contributed by atoms with Crippen molar-refractivity contribution in [2.24, 2.45) is 0 Å². The van der Waals surface area contributed by atoms with Crippen LogP contribution < -0.4 is 14.8 Å². The molecule has 0 aliphatic carbocycles. The van der Waals surface area contributed by atoms with E-state index in [-0.39, 0.29) is 18.1 Å². The maximum Gasteiger partial charge on any atom is 0.329 e. The van der Waals surface area contributed by atoms with Crippen molar-refractivity contribution in [3.05, 3.63) is 112 Å². The van der Waals surface area contributed by atoms with Gasteiger partial charge in [-0.3, -0.25) is 9.69 Å². The number of carbonyl (C=O) groups is 2. The van der Waals surface area contributed by atoms with E-state index in [1.807, 2.05) is 67.6 Å². The Bertz CT molecular complexity index is 1500. The molecule has 5 rings (SSSR count). The molecule has 0 bridgehead atoms. The molecule has 1 heterocycles. The molecule has 0 aromatic heterocycles. The normalized spacial score (nSPS) is 14.3. The van der Waals surface area contributed by atoms with Crippen LogP contribution in [0.25, 0.3) is 16.8 Å². The Balaban J connectivity index is 1.38. The van der Waals surface area contributed by atoms with E-state index in [1.54, 1.807) is 12.1 Å². The number of amides is 3. The number of hydrogen-bond donors (Lipinski definition) is 1. The van der Waals surface area contributed by atoms with E-state index in [0.29, 0.717) is 34.7 Å². The van der Waals surface area contributed by atoms with Crippen LogP contribution in [0.1, 0.15) is 23.6 Å². The van der Waals surface area contributed by atoms with Crippen LogP contribution in [0, 0.1) is 0 Å². The first kappa shape index (κ1) is 24.6. The van der Waals surface area contributed by atoms with Gasteiger partial charge in [-0.05, 0) is 68.5 Å². The number of benzene rings is 4. The molecule has 0 unspecified atom stereocenters. The van der Waals surface area contributed by atoms with Gasteiger partial charge in [-0.25, -0.2) is 4.79 Å². The van der Waals surface area contributed by atoms with E-state index < -0.39 is 6.03 Å². The van der Waals surface area contributed by atoms with Gasteiger partial charge in [0.25, 0.3) is 5.91 Å². The van der Waals surface area contributed by atoms with Crippen molar-refractivity contribution in [2.75, 3.05) is 6.61 Å². The Hall–Kier alpha value is -4.10. The molecule has 37 heavy (non-hydrogen) atoms. The number of imide groups is 1. The van der Waals surface area contributed by atoms with Gasteiger partial charge in [0.1, 0.15) is 12.3 Å². The monoisotopic (exact) mass is 556 g/mol. The lowest BCUT2D eigenvalue weighted by molar-refractivity contribution is -0.123. The fourth-order valence-electron chi connectivity index (χ4n) is 4.29. The Morgan fingerprint density at radius 1 is 0.919 bits per heavy atom. The molecule has 3 amide bonds. The van der Waals surface area contributed by atoms with Gasteiger partial charge in [-0.2, -0.15) is 0 Å². The average Bonchev–Trinajstić information content (AvgIpc) is 3.16. The Kier molecular flexibility index (Phi) is 7.23. The fraction of sp³-hybridized carbons (Fsp3) is 0.133. The molecule has 4 aromatic carbocycles. The van der Waals surface area contributed by atoms with Crippen LogP contribution in [0.4, 0.5) is 4.79 Å². The van der Waals surface area contributed by atoms with Crippen molar-refractivity contribution in [3.8, 4) is 11.5 Å². The average molecular weight is 557 g/mol. The summed E-state index contributed by atoms with van der Waals surface area (Å²) in [4.78, 5) is 26.6. The van der Waals surface area contributed by atoms with Gasteiger partial charge in [0.05, 0.1) is 17.6 Å². The summed E-state index contributed by atoms with van der Waals surface area (Å²) in [6.45, 7) is 2.91. The highest BCUT2D eigenvalue weighted by Crippen LogP contribution is 2.38. The summed E-state index contributed by atoms with van der Waals surface area (Å²) in [6, 6.07) is 26.9. The number of carbonyl (C=O) groups excluding carboxylic acids is 2. The molecule has 0 saturated carbocycles. The minimum atomic E-state index is -0.445. The molecule has 0 atom stereocenters. The highest BCUT2D eigenvalue weighted by Gasteiger charge is 2.33. The van der Waals surface area contributed by atoms with Crippen LogP contribution in [-0.4, -0.2) is 23.4 Å². The number of ether oxygens (including phenoxy) is 2. The van der Waals surface area contributed by atoms with Crippen LogP contribution in [0.15, 0.2) is 95.1 Å². The fourth-order valence-corrected chi connectivity index (χ4v) is 4.86. The summed E-state index contributed by atoms with van der Waals surface area (Å²) >= 11 is 3.61. The lowest BCUT2D eigenvalue weighted by Gasteiger charge is -2.16. The van der Waals surface area contributed by atoms with Gasteiger partial charge < -0.3 is 14.8 Å². The molecule has 1 aliphatic rings. The van der Waals surface area contributed by atoms with Crippen molar-refractivity contribution in [2.45, 2.75) is 20.1 Å². The highest BCUT2D eigenvalue weighted by atomic mass is 79.9. The first-order chi connectivity index (χ1) is 18.0. The van der Waals surface area contributed by atoms with E-state index in [1.165, 1.54) is 4.90 Å². The molecule has 4 aromatic rings. The second-order valence-electron chi connectivity index (χ2n) is 8.56. The Labute approximate surface area is 223 Å². The summed E-state index contributed by atoms with van der Waals surface area (Å²) in [5.74, 6) is 0.741. The molecule has 7 heteroatoms. The minimum Gasteiger partial charge on any atom is -0.490 e. The van der Waals surface area contributed by atoms with Crippen molar-refractivity contribution in [1.82, 2.24) is 10.2 Å². The topological polar surface area (TPSA) is 67.9 Å². The predicted octanol–water partition coefficient (Wildman–Crippen LogP) is 6.67. The highest BCUT2D eigenvalue weighted by molar-refractivity contribution is 9.10. The summed E-state index contributed by atoms with van der Waals surface area (Å²) in [6.07, 6.45) is 1.65. The number of hydrogen-bond acceptors (Lipinski definition) is 4. The molecule has 1 N–H and O–H groups in total. The van der Waals surface area contributed by atoms with Gasteiger partial charge in [0.15, 0.2) is 11.5 Å². The summed E-state index contributed by atoms with van der Waals surface area (Å²) in [7, 11) is 0. The minimum absolute atomic E-state index is 0.206. The summed E-state index contributed by atoms with van der Waals surface area (Å²) < 4.78 is 12.8. The smallest absolute Gasteiger partial charge is 0.329 e. The van der Waals surface area contributed by atoms with Gasteiger partial charge in [-0.1, -0.05) is 72.8 Å². The van der Waals surface area contributed by atoms with E-state index in [0.717, 1.165) is 21.9 Å². The van der Waals surface area contributed by atoms with Crippen LogP contribution in [0.5, 0.6) is 11.5 Å². The Morgan fingerprint density at radius 3 is 2.49 bits per heavy atom. The van der Waals surface area contributed by atoms with Crippen LogP contribution in [0.3, 0.4) is 0 Å². The first-order valence-corrected chi connectivity index (χ1v) is 12.8.